The monoisotopic (exact) mass is 362 g/mol. The van der Waals surface area contributed by atoms with Crippen LogP contribution in [0.3, 0.4) is 0 Å². The van der Waals surface area contributed by atoms with Gasteiger partial charge in [0.05, 0.1) is 5.56 Å². The van der Waals surface area contributed by atoms with Gasteiger partial charge in [-0.15, -0.1) is 24.8 Å². The molecule has 1 heterocycles. The zero-order valence-electron chi connectivity index (χ0n) is 12.1. The van der Waals surface area contributed by atoms with E-state index >= 15 is 0 Å². The van der Waals surface area contributed by atoms with E-state index in [2.05, 4.69) is 5.32 Å². The van der Waals surface area contributed by atoms with E-state index in [1.807, 2.05) is 11.8 Å². The van der Waals surface area contributed by atoms with E-state index in [1.54, 1.807) is 0 Å². The van der Waals surface area contributed by atoms with Crippen LogP contribution in [0.1, 0.15) is 30.5 Å². The SMILES string of the molecule is CC[C@@H](c1cccc(C(F)(F)F)c1F)N1CCNCC1.Cl.Cl. The normalized spacial score (nSPS) is 17.3. The molecule has 0 amide bonds. The Kier molecular flexibility index (Phi) is 8.69. The molecule has 0 bridgehead atoms. The molecule has 1 saturated heterocycles. The number of benzene rings is 1. The zero-order chi connectivity index (χ0) is 14.8. The lowest BCUT2D eigenvalue weighted by Crippen LogP contribution is -2.45. The van der Waals surface area contributed by atoms with Crippen LogP contribution in [0.4, 0.5) is 17.6 Å². The molecule has 2 nitrogen and oxygen atoms in total. The molecule has 0 radical (unpaired) electrons. The molecule has 0 aliphatic carbocycles. The number of nitrogens with zero attached hydrogens (tertiary/aromatic N) is 1. The molecule has 1 aromatic carbocycles. The molecule has 0 aromatic heterocycles. The van der Waals surface area contributed by atoms with Crippen molar-refractivity contribution in [2.45, 2.75) is 25.6 Å². The van der Waals surface area contributed by atoms with Crippen molar-refractivity contribution < 1.29 is 17.6 Å². The zero-order valence-corrected chi connectivity index (χ0v) is 13.8. The second-order valence-electron chi connectivity index (χ2n) is 4.92. The minimum absolute atomic E-state index is 0. The van der Waals surface area contributed by atoms with E-state index < -0.39 is 17.6 Å². The van der Waals surface area contributed by atoms with Gasteiger partial charge in [-0.3, -0.25) is 4.90 Å². The van der Waals surface area contributed by atoms with Crippen molar-refractivity contribution in [3.63, 3.8) is 0 Å². The Labute approximate surface area is 140 Å². The highest BCUT2D eigenvalue weighted by atomic mass is 35.5. The number of hydrogen-bond donors (Lipinski definition) is 1. The average molecular weight is 363 g/mol. The Bertz CT molecular complexity index is 463. The molecule has 1 aliphatic heterocycles. The highest BCUT2D eigenvalue weighted by molar-refractivity contribution is 5.85. The molecular formula is C14H20Cl2F4N2. The fourth-order valence-corrected chi connectivity index (χ4v) is 2.69. The van der Waals surface area contributed by atoms with Gasteiger partial charge in [0.25, 0.3) is 0 Å². The van der Waals surface area contributed by atoms with E-state index in [9.17, 15) is 17.6 Å². The molecule has 1 N–H and O–H groups in total. The molecule has 0 unspecified atom stereocenters. The van der Waals surface area contributed by atoms with Gasteiger partial charge in [0.15, 0.2) is 0 Å². The Hall–Kier alpha value is -0.560. The van der Waals surface area contributed by atoms with Gasteiger partial charge < -0.3 is 5.32 Å². The Balaban J connectivity index is 0.00000220. The van der Waals surface area contributed by atoms with E-state index in [-0.39, 0.29) is 36.4 Å². The average Bonchev–Trinajstić information content (AvgIpc) is 2.41. The van der Waals surface area contributed by atoms with Gasteiger partial charge in [-0.05, 0) is 12.5 Å². The van der Waals surface area contributed by atoms with Gasteiger partial charge in [0, 0.05) is 37.8 Å². The van der Waals surface area contributed by atoms with Gasteiger partial charge >= 0.3 is 6.18 Å². The van der Waals surface area contributed by atoms with Crippen LogP contribution in [-0.2, 0) is 6.18 Å². The Morgan fingerprint density at radius 1 is 1.18 bits per heavy atom. The van der Waals surface area contributed by atoms with Crippen LogP contribution < -0.4 is 5.32 Å². The molecule has 1 aliphatic rings. The predicted octanol–water partition coefficient (Wildman–Crippen LogP) is 4.04. The second-order valence-corrected chi connectivity index (χ2v) is 4.92. The summed E-state index contributed by atoms with van der Waals surface area (Å²) in [6, 6.07) is 3.23. The number of nitrogens with one attached hydrogen (secondary N) is 1. The topological polar surface area (TPSA) is 15.3 Å². The first-order chi connectivity index (χ1) is 9.45. The van der Waals surface area contributed by atoms with Crippen molar-refractivity contribution in [1.82, 2.24) is 10.2 Å². The van der Waals surface area contributed by atoms with Crippen LogP contribution in [0.15, 0.2) is 18.2 Å². The second kappa shape index (κ2) is 8.91. The number of piperazine rings is 1. The minimum atomic E-state index is -4.65. The minimum Gasteiger partial charge on any atom is -0.314 e. The summed E-state index contributed by atoms with van der Waals surface area (Å²) in [6.07, 6.45) is -4.07. The lowest BCUT2D eigenvalue weighted by atomic mass is 9.98. The van der Waals surface area contributed by atoms with Gasteiger partial charge in [0.2, 0.25) is 0 Å². The standard InChI is InChI=1S/C14H18F4N2.2ClH/c1-2-12(20-8-6-19-7-9-20)10-4-3-5-11(13(10)15)14(16,17)18;;/h3-5,12,19H,2,6-9H2,1H3;2*1H/t12-;;/m0../s1. The fraction of sp³-hybridized carbons (Fsp3) is 0.571. The van der Waals surface area contributed by atoms with Gasteiger partial charge in [-0.2, -0.15) is 13.2 Å². The molecule has 22 heavy (non-hydrogen) atoms. The predicted molar refractivity (Wildman–Crippen MR) is 83.4 cm³/mol. The van der Waals surface area contributed by atoms with Gasteiger partial charge in [-0.25, -0.2) is 4.39 Å². The molecule has 0 spiro atoms. The largest absolute Gasteiger partial charge is 0.419 e. The number of halogens is 6. The fourth-order valence-electron chi connectivity index (χ4n) is 2.69. The van der Waals surface area contributed by atoms with Crippen molar-refractivity contribution in [2.75, 3.05) is 26.2 Å². The van der Waals surface area contributed by atoms with E-state index in [0.29, 0.717) is 19.5 Å². The van der Waals surface area contributed by atoms with Gasteiger partial charge in [-0.1, -0.05) is 19.1 Å². The van der Waals surface area contributed by atoms with Crippen LogP contribution >= 0.6 is 24.8 Å². The summed E-state index contributed by atoms with van der Waals surface area (Å²) in [6.45, 7) is 4.85. The molecular weight excluding hydrogens is 343 g/mol. The molecule has 128 valence electrons. The molecule has 0 saturated carbocycles. The maximum absolute atomic E-state index is 14.2. The highest BCUT2D eigenvalue weighted by Crippen LogP contribution is 2.36. The summed E-state index contributed by atoms with van der Waals surface area (Å²) in [5.74, 6) is -1.13. The summed E-state index contributed by atoms with van der Waals surface area (Å²) in [7, 11) is 0. The van der Waals surface area contributed by atoms with Crippen molar-refractivity contribution in [2.24, 2.45) is 0 Å². The van der Waals surface area contributed by atoms with Crippen molar-refractivity contribution in [3.05, 3.63) is 35.1 Å². The summed E-state index contributed by atoms with van der Waals surface area (Å²) < 4.78 is 52.5. The summed E-state index contributed by atoms with van der Waals surface area (Å²) in [4.78, 5) is 2.04. The maximum Gasteiger partial charge on any atom is 0.419 e. The smallest absolute Gasteiger partial charge is 0.314 e. The lowest BCUT2D eigenvalue weighted by molar-refractivity contribution is -0.140. The van der Waals surface area contributed by atoms with Crippen LogP contribution in [0.5, 0.6) is 0 Å². The lowest BCUT2D eigenvalue weighted by Gasteiger charge is -2.35. The number of hydrogen-bond acceptors (Lipinski definition) is 2. The third-order valence-corrected chi connectivity index (χ3v) is 3.67. The highest BCUT2D eigenvalue weighted by Gasteiger charge is 2.36. The number of rotatable bonds is 3. The van der Waals surface area contributed by atoms with Crippen LogP contribution in [0.2, 0.25) is 0 Å². The summed E-state index contributed by atoms with van der Waals surface area (Å²) in [5, 5.41) is 3.18. The van der Waals surface area contributed by atoms with E-state index in [1.165, 1.54) is 12.1 Å². The Morgan fingerprint density at radius 3 is 2.27 bits per heavy atom. The van der Waals surface area contributed by atoms with Crippen LogP contribution in [0, 0.1) is 5.82 Å². The molecule has 1 fully saturated rings. The van der Waals surface area contributed by atoms with Crippen molar-refractivity contribution in [3.8, 4) is 0 Å². The van der Waals surface area contributed by atoms with Crippen LogP contribution in [0.25, 0.3) is 0 Å². The first-order valence-corrected chi connectivity index (χ1v) is 6.75. The van der Waals surface area contributed by atoms with Crippen molar-refractivity contribution >= 4 is 24.8 Å². The summed E-state index contributed by atoms with van der Waals surface area (Å²) >= 11 is 0. The maximum atomic E-state index is 14.2. The molecule has 1 atom stereocenters. The van der Waals surface area contributed by atoms with E-state index in [0.717, 1.165) is 19.2 Å². The first kappa shape index (κ1) is 21.4. The van der Waals surface area contributed by atoms with Crippen molar-refractivity contribution in [1.29, 1.82) is 0 Å². The first-order valence-electron chi connectivity index (χ1n) is 6.75. The third-order valence-electron chi connectivity index (χ3n) is 3.67. The Morgan fingerprint density at radius 2 is 1.77 bits per heavy atom. The molecule has 1 aromatic rings. The summed E-state index contributed by atoms with van der Waals surface area (Å²) in [5.41, 5.74) is -1.03. The molecule has 8 heteroatoms. The third kappa shape index (κ3) is 4.72. The molecule has 2 rings (SSSR count). The van der Waals surface area contributed by atoms with E-state index in [4.69, 9.17) is 0 Å². The number of alkyl halides is 3. The van der Waals surface area contributed by atoms with Crippen LogP contribution in [-0.4, -0.2) is 31.1 Å². The van der Waals surface area contributed by atoms with Gasteiger partial charge in [0.1, 0.15) is 5.82 Å². The quantitative estimate of drug-likeness (QED) is 0.816.